The van der Waals surface area contributed by atoms with Gasteiger partial charge in [-0.15, -0.1) is 0 Å². The first-order valence-corrected chi connectivity index (χ1v) is 6.69. The summed E-state index contributed by atoms with van der Waals surface area (Å²) in [6.45, 7) is 2.09. The largest absolute Gasteiger partial charge is 0.324 e. The molecule has 16 heavy (non-hydrogen) atoms. The first kappa shape index (κ1) is 11.6. The smallest absolute Gasteiger partial charge is 0.174 e. The Balaban J connectivity index is 2.26. The topological polar surface area (TPSA) is 51.8 Å². The summed E-state index contributed by atoms with van der Waals surface area (Å²) in [7, 11) is 0. The number of nitrogens with zero attached hydrogens (tertiary/aromatic N) is 2. The molecule has 1 atom stereocenters. The van der Waals surface area contributed by atoms with Crippen LogP contribution in [0, 0.1) is 0 Å². The number of aromatic nitrogens is 2. The lowest BCUT2D eigenvalue weighted by Crippen LogP contribution is -2.09. The minimum Gasteiger partial charge on any atom is -0.324 e. The molecule has 2 N–H and O–H groups in total. The van der Waals surface area contributed by atoms with Crippen molar-refractivity contribution in [1.82, 2.24) is 9.36 Å². The van der Waals surface area contributed by atoms with E-state index in [9.17, 15) is 0 Å². The van der Waals surface area contributed by atoms with Crippen molar-refractivity contribution in [2.24, 2.45) is 5.73 Å². The van der Waals surface area contributed by atoms with Crippen molar-refractivity contribution in [2.45, 2.75) is 28.6 Å². The summed E-state index contributed by atoms with van der Waals surface area (Å²) >= 11 is 3.04. The van der Waals surface area contributed by atoms with E-state index in [0.717, 1.165) is 10.8 Å². The lowest BCUT2D eigenvalue weighted by molar-refractivity contribution is 0.685. The lowest BCUT2D eigenvalue weighted by atomic mass is 10.1. The van der Waals surface area contributed by atoms with Gasteiger partial charge in [-0.1, -0.05) is 36.9 Å². The van der Waals surface area contributed by atoms with E-state index in [1.165, 1.54) is 22.0 Å². The van der Waals surface area contributed by atoms with E-state index in [0.29, 0.717) is 0 Å². The number of hydrogen-bond acceptors (Lipinski definition) is 5. The molecule has 0 amide bonds. The quantitative estimate of drug-likeness (QED) is 0.907. The van der Waals surface area contributed by atoms with Crippen LogP contribution in [0.5, 0.6) is 0 Å². The summed E-state index contributed by atoms with van der Waals surface area (Å²) < 4.78 is 4.95. The fourth-order valence-corrected chi connectivity index (χ4v) is 3.00. The van der Waals surface area contributed by atoms with Gasteiger partial charge in [0.15, 0.2) is 4.34 Å². The summed E-state index contributed by atoms with van der Waals surface area (Å²) in [4.78, 5) is 5.34. The zero-order valence-electron chi connectivity index (χ0n) is 8.96. The molecule has 0 saturated carbocycles. The molecule has 0 saturated heterocycles. The van der Waals surface area contributed by atoms with Crippen molar-refractivity contribution >= 4 is 23.3 Å². The van der Waals surface area contributed by atoms with Crippen LogP contribution in [-0.4, -0.2) is 9.36 Å². The van der Waals surface area contributed by atoms with Crippen LogP contribution in [0.15, 0.2) is 39.8 Å². The molecule has 1 heterocycles. The van der Waals surface area contributed by atoms with Crippen LogP contribution < -0.4 is 5.73 Å². The van der Waals surface area contributed by atoms with Crippen molar-refractivity contribution in [3.05, 3.63) is 36.2 Å². The average Bonchev–Trinajstić information content (AvgIpc) is 2.82. The third-order valence-corrected chi connectivity index (χ3v) is 4.10. The monoisotopic (exact) mass is 251 g/mol. The highest BCUT2D eigenvalue weighted by molar-refractivity contribution is 8.01. The van der Waals surface area contributed by atoms with Crippen molar-refractivity contribution in [1.29, 1.82) is 0 Å². The number of benzene rings is 1. The third-order valence-electron chi connectivity index (χ3n) is 2.30. The third kappa shape index (κ3) is 2.61. The van der Waals surface area contributed by atoms with Crippen LogP contribution in [0.1, 0.15) is 24.9 Å². The van der Waals surface area contributed by atoms with E-state index in [1.54, 1.807) is 18.1 Å². The first-order chi connectivity index (χ1) is 7.81. The van der Waals surface area contributed by atoms with Crippen molar-refractivity contribution in [2.75, 3.05) is 0 Å². The van der Waals surface area contributed by atoms with E-state index in [2.05, 4.69) is 28.4 Å². The van der Waals surface area contributed by atoms with Gasteiger partial charge in [-0.25, -0.2) is 4.98 Å². The van der Waals surface area contributed by atoms with Crippen LogP contribution in [0.3, 0.4) is 0 Å². The molecular weight excluding hydrogens is 238 g/mol. The second kappa shape index (κ2) is 5.43. The van der Waals surface area contributed by atoms with Gasteiger partial charge in [0.2, 0.25) is 0 Å². The van der Waals surface area contributed by atoms with Gasteiger partial charge in [0.25, 0.3) is 0 Å². The van der Waals surface area contributed by atoms with Gasteiger partial charge in [0.1, 0.15) is 6.33 Å². The summed E-state index contributed by atoms with van der Waals surface area (Å²) in [5.74, 6) is 0. The SMILES string of the molecule is CC[C@@H](N)c1ccccc1Sc1ncns1. The molecule has 0 aliphatic carbocycles. The molecule has 84 valence electrons. The van der Waals surface area contributed by atoms with Crippen LogP contribution in [-0.2, 0) is 0 Å². The fourth-order valence-electron chi connectivity index (χ4n) is 1.40. The molecule has 0 fully saturated rings. The molecule has 3 nitrogen and oxygen atoms in total. The Bertz CT molecular complexity index is 442. The van der Waals surface area contributed by atoms with Gasteiger partial charge >= 0.3 is 0 Å². The minimum absolute atomic E-state index is 0.0941. The molecule has 0 aliphatic heterocycles. The Morgan fingerprint density at radius 3 is 2.94 bits per heavy atom. The Labute approximate surface area is 103 Å². The summed E-state index contributed by atoms with van der Waals surface area (Å²) in [5, 5.41) is 0. The Kier molecular flexibility index (Phi) is 3.93. The molecule has 2 aromatic rings. The van der Waals surface area contributed by atoms with Gasteiger partial charge < -0.3 is 5.73 Å². The van der Waals surface area contributed by atoms with Crippen LogP contribution in [0.2, 0.25) is 0 Å². The maximum absolute atomic E-state index is 6.08. The maximum atomic E-state index is 6.08. The van der Waals surface area contributed by atoms with Crippen LogP contribution in [0.25, 0.3) is 0 Å². The molecule has 0 unspecified atom stereocenters. The van der Waals surface area contributed by atoms with Gasteiger partial charge in [-0.05, 0) is 29.6 Å². The highest BCUT2D eigenvalue weighted by Gasteiger charge is 2.10. The molecular formula is C11H13N3S2. The van der Waals surface area contributed by atoms with Crippen molar-refractivity contribution in [3.63, 3.8) is 0 Å². The number of hydrogen-bond donors (Lipinski definition) is 1. The van der Waals surface area contributed by atoms with Crippen molar-refractivity contribution in [3.8, 4) is 0 Å². The zero-order chi connectivity index (χ0) is 11.4. The highest BCUT2D eigenvalue weighted by Crippen LogP contribution is 2.33. The van der Waals surface area contributed by atoms with Gasteiger partial charge in [-0.3, -0.25) is 0 Å². The summed E-state index contributed by atoms with van der Waals surface area (Å²) in [5.41, 5.74) is 7.26. The normalized spacial score (nSPS) is 12.6. The van der Waals surface area contributed by atoms with Crippen molar-refractivity contribution < 1.29 is 0 Å². The maximum Gasteiger partial charge on any atom is 0.174 e. The van der Waals surface area contributed by atoms with E-state index < -0.39 is 0 Å². The average molecular weight is 251 g/mol. The lowest BCUT2D eigenvalue weighted by Gasteiger charge is -2.13. The second-order valence-electron chi connectivity index (χ2n) is 3.36. The minimum atomic E-state index is 0.0941. The zero-order valence-corrected chi connectivity index (χ0v) is 10.6. The van der Waals surface area contributed by atoms with E-state index in [1.807, 2.05) is 12.1 Å². The van der Waals surface area contributed by atoms with E-state index in [4.69, 9.17) is 5.73 Å². The Hall–Kier alpha value is -0.910. The molecule has 0 aliphatic rings. The standard InChI is InChI=1S/C11H13N3S2/c1-2-9(12)8-5-3-4-6-10(8)15-11-13-7-14-16-11/h3-7,9H,2,12H2,1H3/t9-/m1/s1. The molecule has 1 aromatic heterocycles. The summed E-state index contributed by atoms with van der Waals surface area (Å²) in [6.07, 6.45) is 2.52. The predicted octanol–water partition coefficient (Wildman–Crippen LogP) is 3.10. The number of nitrogens with two attached hydrogens (primary N) is 1. The Morgan fingerprint density at radius 1 is 1.44 bits per heavy atom. The fraction of sp³-hybridized carbons (Fsp3) is 0.273. The summed E-state index contributed by atoms with van der Waals surface area (Å²) in [6, 6.07) is 8.30. The highest BCUT2D eigenvalue weighted by atomic mass is 32.2. The molecule has 5 heteroatoms. The molecule has 0 radical (unpaired) electrons. The second-order valence-corrected chi connectivity index (χ2v) is 5.43. The molecule has 0 bridgehead atoms. The molecule has 2 rings (SSSR count). The van der Waals surface area contributed by atoms with Gasteiger partial charge in [0.05, 0.1) is 0 Å². The van der Waals surface area contributed by atoms with Gasteiger partial charge in [0, 0.05) is 10.9 Å². The first-order valence-electron chi connectivity index (χ1n) is 5.10. The molecule has 0 spiro atoms. The predicted molar refractivity (Wildman–Crippen MR) is 67.7 cm³/mol. The Morgan fingerprint density at radius 2 is 2.25 bits per heavy atom. The van der Waals surface area contributed by atoms with E-state index >= 15 is 0 Å². The number of rotatable bonds is 4. The molecule has 1 aromatic carbocycles. The van der Waals surface area contributed by atoms with E-state index in [-0.39, 0.29) is 6.04 Å². The van der Waals surface area contributed by atoms with Crippen LogP contribution in [0.4, 0.5) is 0 Å². The van der Waals surface area contributed by atoms with Crippen LogP contribution >= 0.6 is 23.3 Å². The van der Waals surface area contributed by atoms with Gasteiger partial charge in [-0.2, -0.15) is 4.37 Å².